The van der Waals surface area contributed by atoms with Crippen LogP contribution in [0.25, 0.3) is 0 Å². The van der Waals surface area contributed by atoms with E-state index in [-0.39, 0.29) is 23.9 Å². The molecule has 3 rings (SSSR count). The summed E-state index contributed by atoms with van der Waals surface area (Å²) in [5, 5.41) is 15.1. The summed E-state index contributed by atoms with van der Waals surface area (Å²) in [6, 6.07) is 2.23. The van der Waals surface area contributed by atoms with E-state index in [1.807, 2.05) is 0 Å². The van der Waals surface area contributed by atoms with Crippen molar-refractivity contribution >= 4 is 23.1 Å². The lowest BCUT2D eigenvalue weighted by molar-refractivity contribution is -0.154. The molecule has 3 heterocycles. The number of primary amides is 1. The van der Waals surface area contributed by atoms with Crippen molar-refractivity contribution in [2.24, 2.45) is 5.73 Å². The van der Waals surface area contributed by atoms with Gasteiger partial charge >= 0.3 is 6.18 Å². The molecule has 150 valence electrons. The summed E-state index contributed by atoms with van der Waals surface area (Å²) in [5.41, 5.74) is 6.27. The summed E-state index contributed by atoms with van der Waals surface area (Å²) < 4.78 is 47.8. The second-order valence-corrected chi connectivity index (χ2v) is 6.02. The molecule has 0 unspecified atom stereocenters. The van der Waals surface area contributed by atoms with Crippen molar-refractivity contribution in [1.82, 2.24) is 14.8 Å². The lowest BCUT2D eigenvalue weighted by Gasteiger charge is -2.23. The zero-order valence-electron chi connectivity index (χ0n) is 14.5. The number of nitrogens with zero attached hydrogens (tertiary/aromatic N) is 3. The highest BCUT2D eigenvalue weighted by atomic mass is 19.4. The SMILES string of the molecule is N=C1CCOC[C@@H]1n1cc(C(N)=O)c(Nc2ccc(OCC(F)(F)F)nc2)n1. The number of hydrogen-bond donors (Lipinski definition) is 3. The second-order valence-electron chi connectivity index (χ2n) is 6.02. The third kappa shape index (κ3) is 4.76. The maximum absolute atomic E-state index is 12.2. The fourth-order valence-corrected chi connectivity index (χ4v) is 2.54. The van der Waals surface area contributed by atoms with Crippen LogP contribution in [0.3, 0.4) is 0 Å². The van der Waals surface area contributed by atoms with E-state index in [0.717, 1.165) is 0 Å². The molecule has 1 fully saturated rings. The van der Waals surface area contributed by atoms with Crippen LogP contribution in [0.5, 0.6) is 5.88 Å². The minimum atomic E-state index is -4.46. The zero-order chi connectivity index (χ0) is 20.3. The Kier molecular flexibility index (Phi) is 5.49. The van der Waals surface area contributed by atoms with E-state index < -0.39 is 24.7 Å². The van der Waals surface area contributed by atoms with E-state index >= 15 is 0 Å². The number of nitrogens with one attached hydrogen (secondary N) is 2. The van der Waals surface area contributed by atoms with Crippen LogP contribution in [0.1, 0.15) is 22.8 Å². The number of hydrogen-bond acceptors (Lipinski definition) is 7. The topological polar surface area (TPSA) is 128 Å². The number of amides is 1. The Balaban J connectivity index is 1.76. The number of halogens is 3. The van der Waals surface area contributed by atoms with Crippen molar-refractivity contribution in [3.8, 4) is 5.88 Å². The maximum atomic E-state index is 12.2. The van der Waals surface area contributed by atoms with Gasteiger partial charge < -0.3 is 25.9 Å². The molecule has 0 aromatic carbocycles. The van der Waals surface area contributed by atoms with Gasteiger partial charge in [-0.1, -0.05) is 0 Å². The van der Waals surface area contributed by atoms with Crippen molar-refractivity contribution in [2.45, 2.75) is 18.6 Å². The molecule has 0 spiro atoms. The molecule has 4 N–H and O–H groups in total. The summed E-state index contributed by atoms with van der Waals surface area (Å²) in [6.45, 7) is -0.734. The summed E-state index contributed by atoms with van der Waals surface area (Å²) in [7, 11) is 0. The van der Waals surface area contributed by atoms with Crippen molar-refractivity contribution in [3.63, 3.8) is 0 Å². The highest BCUT2D eigenvalue weighted by molar-refractivity contribution is 5.98. The molecule has 1 atom stereocenters. The van der Waals surface area contributed by atoms with Crippen LogP contribution in [-0.2, 0) is 4.74 Å². The molecule has 2 aromatic heterocycles. The quantitative estimate of drug-likeness (QED) is 0.683. The van der Waals surface area contributed by atoms with E-state index in [1.165, 1.54) is 29.2 Å². The Labute approximate surface area is 157 Å². The van der Waals surface area contributed by atoms with E-state index in [2.05, 4.69) is 20.1 Å². The normalized spacial score (nSPS) is 17.4. The van der Waals surface area contributed by atoms with Crippen LogP contribution in [-0.4, -0.2) is 52.4 Å². The van der Waals surface area contributed by atoms with Gasteiger partial charge in [-0.15, -0.1) is 0 Å². The zero-order valence-corrected chi connectivity index (χ0v) is 14.5. The highest BCUT2D eigenvalue weighted by Crippen LogP contribution is 2.24. The van der Waals surface area contributed by atoms with Crippen LogP contribution >= 0.6 is 0 Å². The number of ether oxygens (including phenoxy) is 2. The molecule has 9 nitrogen and oxygen atoms in total. The fourth-order valence-electron chi connectivity index (χ4n) is 2.54. The number of carbonyl (C=O) groups excluding carboxylic acids is 1. The molecule has 0 radical (unpaired) electrons. The predicted octanol–water partition coefficient (Wildman–Crippen LogP) is 2.04. The minimum Gasteiger partial charge on any atom is -0.468 e. The van der Waals surface area contributed by atoms with Gasteiger partial charge in [0.05, 0.1) is 25.1 Å². The maximum Gasteiger partial charge on any atom is 0.422 e. The Morgan fingerprint density at radius 1 is 1.46 bits per heavy atom. The molecule has 0 aliphatic carbocycles. The van der Waals surface area contributed by atoms with Gasteiger partial charge in [0.25, 0.3) is 5.91 Å². The van der Waals surface area contributed by atoms with E-state index in [1.54, 1.807) is 0 Å². The average molecular weight is 398 g/mol. The third-order valence-corrected chi connectivity index (χ3v) is 3.89. The monoisotopic (exact) mass is 398 g/mol. The standard InChI is InChI=1S/C16H17F3N6O3/c17-16(18,19)8-28-13-2-1-9(5-22-13)23-15-10(14(21)26)6-25(24-15)12-7-27-4-3-11(12)20/h1-2,5-6,12,20H,3-4,7-8H2,(H2,21,26)(H,23,24)/t12-/m0/s1. The smallest absolute Gasteiger partial charge is 0.422 e. The highest BCUT2D eigenvalue weighted by Gasteiger charge is 2.28. The van der Waals surface area contributed by atoms with E-state index in [0.29, 0.717) is 24.4 Å². The molecule has 0 saturated carbocycles. The van der Waals surface area contributed by atoms with Crippen LogP contribution in [0.15, 0.2) is 24.5 Å². The van der Waals surface area contributed by atoms with E-state index in [4.69, 9.17) is 15.9 Å². The van der Waals surface area contributed by atoms with Crippen molar-refractivity contribution < 1.29 is 27.4 Å². The predicted molar refractivity (Wildman–Crippen MR) is 92.0 cm³/mol. The number of aromatic nitrogens is 3. The molecule has 28 heavy (non-hydrogen) atoms. The summed E-state index contributed by atoms with van der Waals surface area (Å²) in [4.78, 5) is 15.5. The van der Waals surface area contributed by atoms with Gasteiger partial charge in [0.2, 0.25) is 5.88 Å². The molecule has 12 heteroatoms. The first-order valence-corrected chi connectivity index (χ1v) is 8.19. The number of carbonyl (C=O) groups is 1. The van der Waals surface area contributed by atoms with Gasteiger partial charge in [-0.3, -0.25) is 9.48 Å². The third-order valence-electron chi connectivity index (χ3n) is 3.89. The molecule has 1 amide bonds. The van der Waals surface area contributed by atoms with Gasteiger partial charge in [-0.25, -0.2) is 4.98 Å². The van der Waals surface area contributed by atoms with Crippen molar-refractivity contribution in [3.05, 3.63) is 30.1 Å². The van der Waals surface area contributed by atoms with Crippen LogP contribution in [0, 0.1) is 5.41 Å². The Hall–Kier alpha value is -3.15. The van der Waals surface area contributed by atoms with Gasteiger partial charge in [0, 0.05) is 24.4 Å². The van der Waals surface area contributed by atoms with Gasteiger partial charge in [0.1, 0.15) is 11.6 Å². The average Bonchev–Trinajstić information content (AvgIpc) is 3.05. The van der Waals surface area contributed by atoms with Gasteiger partial charge in [-0.2, -0.15) is 18.3 Å². The second kappa shape index (κ2) is 7.84. The minimum absolute atomic E-state index is 0.0933. The summed E-state index contributed by atoms with van der Waals surface area (Å²) >= 11 is 0. The number of pyridine rings is 1. The lowest BCUT2D eigenvalue weighted by atomic mass is 10.1. The molecule has 0 bridgehead atoms. The van der Waals surface area contributed by atoms with Crippen molar-refractivity contribution in [2.75, 3.05) is 25.1 Å². The first-order chi connectivity index (χ1) is 13.2. The summed E-state index contributed by atoms with van der Waals surface area (Å²) in [5.74, 6) is -0.789. The number of anilines is 2. The Morgan fingerprint density at radius 2 is 2.25 bits per heavy atom. The summed E-state index contributed by atoms with van der Waals surface area (Å²) in [6.07, 6.45) is -1.34. The van der Waals surface area contributed by atoms with E-state index in [9.17, 15) is 18.0 Å². The van der Waals surface area contributed by atoms with Crippen LogP contribution in [0.4, 0.5) is 24.7 Å². The van der Waals surface area contributed by atoms with Crippen molar-refractivity contribution in [1.29, 1.82) is 5.41 Å². The molecule has 1 aliphatic rings. The molecule has 2 aromatic rings. The van der Waals surface area contributed by atoms with Gasteiger partial charge in [-0.05, 0) is 6.07 Å². The lowest BCUT2D eigenvalue weighted by Crippen LogP contribution is -2.30. The first kappa shape index (κ1) is 19.6. The molecule has 1 aliphatic heterocycles. The van der Waals surface area contributed by atoms with Crippen LogP contribution < -0.4 is 15.8 Å². The molecular formula is C16H17F3N6O3. The largest absolute Gasteiger partial charge is 0.468 e. The fraction of sp³-hybridized carbons (Fsp3) is 0.375. The Bertz CT molecular complexity index is 865. The number of rotatable bonds is 6. The van der Waals surface area contributed by atoms with Crippen LogP contribution in [0.2, 0.25) is 0 Å². The van der Waals surface area contributed by atoms with Gasteiger partial charge in [0.15, 0.2) is 12.4 Å². The Morgan fingerprint density at radius 3 is 2.86 bits per heavy atom. The molecule has 1 saturated heterocycles. The first-order valence-electron chi connectivity index (χ1n) is 8.19. The number of nitrogens with two attached hydrogens (primary N) is 1. The molecular weight excluding hydrogens is 381 g/mol. The number of alkyl halides is 3.